The van der Waals surface area contributed by atoms with Crippen molar-refractivity contribution in [3.05, 3.63) is 57.9 Å². The van der Waals surface area contributed by atoms with Gasteiger partial charge in [0.25, 0.3) is 5.69 Å². The van der Waals surface area contributed by atoms with Gasteiger partial charge in [-0.1, -0.05) is 28.1 Å². The first-order chi connectivity index (χ1) is 10.1. The summed E-state index contributed by atoms with van der Waals surface area (Å²) in [5, 5.41) is 12.1. The SMILES string of the molecule is O=[N+]([O-])c1cc(-c2nc3cc(F)ccc3s2)ccc1CBr. The van der Waals surface area contributed by atoms with Crippen LogP contribution in [0, 0.1) is 15.9 Å². The summed E-state index contributed by atoms with van der Waals surface area (Å²) in [6, 6.07) is 9.39. The maximum atomic E-state index is 13.2. The topological polar surface area (TPSA) is 56.0 Å². The van der Waals surface area contributed by atoms with E-state index in [1.807, 2.05) is 0 Å². The summed E-state index contributed by atoms with van der Waals surface area (Å²) < 4.78 is 14.0. The van der Waals surface area contributed by atoms with E-state index in [4.69, 9.17) is 0 Å². The lowest BCUT2D eigenvalue weighted by atomic mass is 10.1. The Bertz CT molecular complexity index is 850. The molecule has 0 saturated heterocycles. The van der Waals surface area contributed by atoms with Crippen molar-refractivity contribution >= 4 is 43.2 Å². The van der Waals surface area contributed by atoms with Gasteiger partial charge in [-0.15, -0.1) is 11.3 Å². The van der Waals surface area contributed by atoms with Crippen LogP contribution in [0.2, 0.25) is 0 Å². The number of benzene rings is 2. The summed E-state index contributed by atoms with van der Waals surface area (Å²) >= 11 is 4.62. The maximum absolute atomic E-state index is 13.2. The largest absolute Gasteiger partial charge is 0.274 e. The molecule has 0 fully saturated rings. The quantitative estimate of drug-likeness (QED) is 0.376. The third-order valence-electron chi connectivity index (χ3n) is 3.02. The van der Waals surface area contributed by atoms with Crippen LogP contribution in [0.25, 0.3) is 20.8 Å². The fraction of sp³-hybridized carbons (Fsp3) is 0.0714. The number of rotatable bonds is 3. The van der Waals surface area contributed by atoms with Gasteiger partial charge in [-0.05, 0) is 12.1 Å². The Balaban J connectivity index is 2.13. The predicted molar refractivity (Wildman–Crippen MR) is 84.3 cm³/mol. The third-order valence-corrected chi connectivity index (χ3v) is 4.71. The van der Waals surface area contributed by atoms with Crippen LogP contribution >= 0.6 is 27.3 Å². The van der Waals surface area contributed by atoms with Gasteiger partial charge in [0.15, 0.2) is 0 Å². The number of hydrogen-bond donors (Lipinski definition) is 0. The smallest absolute Gasteiger partial charge is 0.258 e. The van der Waals surface area contributed by atoms with Gasteiger partial charge >= 0.3 is 0 Å². The molecule has 0 bridgehead atoms. The van der Waals surface area contributed by atoms with E-state index in [0.29, 0.717) is 27.0 Å². The first-order valence-corrected chi connectivity index (χ1v) is 7.92. The molecule has 3 rings (SSSR count). The van der Waals surface area contributed by atoms with Gasteiger partial charge in [-0.3, -0.25) is 10.1 Å². The Morgan fingerprint density at radius 1 is 1.29 bits per heavy atom. The first-order valence-electron chi connectivity index (χ1n) is 5.98. The molecule has 7 heteroatoms. The Hall–Kier alpha value is -1.86. The second-order valence-corrected chi connectivity index (χ2v) is 5.96. The molecule has 0 N–H and O–H groups in total. The van der Waals surface area contributed by atoms with E-state index in [1.54, 1.807) is 18.2 Å². The minimum absolute atomic E-state index is 0.0508. The molecule has 0 aliphatic carbocycles. The molecule has 4 nitrogen and oxygen atoms in total. The highest BCUT2D eigenvalue weighted by molar-refractivity contribution is 9.08. The molecule has 0 saturated carbocycles. The van der Waals surface area contributed by atoms with Crippen molar-refractivity contribution in [2.45, 2.75) is 5.33 Å². The number of fused-ring (bicyclic) bond motifs is 1. The Morgan fingerprint density at radius 3 is 2.81 bits per heavy atom. The zero-order valence-electron chi connectivity index (χ0n) is 10.5. The molecule has 106 valence electrons. The molecule has 0 aliphatic heterocycles. The monoisotopic (exact) mass is 366 g/mol. The number of nitro groups is 1. The van der Waals surface area contributed by atoms with Crippen LogP contribution in [-0.4, -0.2) is 9.91 Å². The number of hydrogen-bond acceptors (Lipinski definition) is 4. The van der Waals surface area contributed by atoms with Gasteiger partial charge in [-0.25, -0.2) is 9.37 Å². The molecular formula is C14H8BrFN2O2S. The van der Waals surface area contributed by atoms with Gasteiger partial charge in [-0.2, -0.15) is 0 Å². The zero-order chi connectivity index (χ0) is 15.0. The molecule has 0 spiro atoms. The molecule has 0 radical (unpaired) electrons. The molecule has 0 atom stereocenters. The van der Waals surface area contributed by atoms with E-state index in [-0.39, 0.29) is 11.5 Å². The van der Waals surface area contributed by atoms with Gasteiger partial charge in [0.2, 0.25) is 0 Å². The normalized spacial score (nSPS) is 11.0. The second-order valence-electron chi connectivity index (χ2n) is 4.37. The maximum Gasteiger partial charge on any atom is 0.274 e. The van der Waals surface area contributed by atoms with Gasteiger partial charge < -0.3 is 0 Å². The van der Waals surface area contributed by atoms with E-state index in [9.17, 15) is 14.5 Å². The Kier molecular flexibility index (Phi) is 3.69. The minimum Gasteiger partial charge on any atom is -0.258 e. The van der Waals surface area contributed by atoms with Crippen molar-refractivity contribution in [1.29, 1.82) is 0 Å². The summed E-state index contributed by atoms with van der Waals surface area (Å²) in [7, 11) is 0. The van der Waals surface area contributed by atoms with E-state index in [1.165, 1.54) is 29.5 Å². The molecule has 2 aromatic carbocycles. The average molecular weight is 367 g/mol. The van der Waals surface area contributed by atoms with E-state index < -0.39 is 4.92 Å². The van der Waals surface area contributed by atoms with Crippen LogP contribution in [0.15, 0.2) is 36.4 Å². The van der Waals surface area contributed by atoms with E-state index in [0.717, 1.165) is 4.70 Å². The third kappa shape index (κ3) is 2.66. The molecule has 0 aliphatic rings. The molecule has 1 aromatic heterocycles. The van der Waals surface area contributed by atoms with Crippen molar-refractivity contribution in [3.8, 4) is 10.6 Å². The van der Waals surface area contributed by atoms with Crippen LogP contribution in [0.1, 0.15) is 5.56 Å². The van der Waals surface area contributed by atoms with Crippen LogP contribution in [0.4, 0.5) is 10.1 Å². The van der Waals surface area contributed by atoms with Gasteiger partial charge in [0, 0.05) is 28.6 Å². The summed E-state index contributed by atoms with van der Waals surface area (Å²) in [4.78, 5) is 15.0. The van der Waals surface area contributed by atoms with Crippen molar-refractivity contribution in [2.75, 3.05) is 0 Å². The molecule has 0 unspecified atom stereocenters. The Labute approximate surface area is 131 Å². The van der Waals surface area contributed by atoms with Crippen LogP contribution in [0.3, 0.4) is 0 Å². The molecular weight excluding hydrogens is 359 g/mol. The molecule has 3 aromatic rings. The summed E-state index contributed by atoms with van der Waals surface area (Å²) in [5.41, 5.74) is 1.88. The molecule has 1 heterocycles. The Morgan fingerprint density at radius 2 is 2.10 bits per heavy atom. The number of nitro benzene ring substituents is 1. The number of nitrogens with zero attached hydrogens (tertiary/aromatic N) is 2. The first kappa shape index (κ1) is 14.1. The number of alkyl halides is 1. The zero-order valence-corrected chi connectivity index (χ0v) is 12.9. The summed E-state index contributed by atoms with van der Waals surface area (Å²) in [5.74, 6) is -0.347. The molecule has 21 heavy (non-hydrogen) atoms. The summed E-state index contributed by atoms with van der Waals surface area (Å²) in [6.45, 7) is 0. The summed E-state index contributed by atoms with van der Waals surface area (Å²) in [6.07, 6.45) is 0. The predicted octanol–water partition coefficient (Wildman–Crippen LogP) is 4.91. The van der Waals surface area contributed by atoms with Crippen molar-refractivity contribution in [3.63, 3.8) is 0 Å². The second kappa shape index (κ2) is 5.50. The van der Waals surface area contributed by atoms with Crippen LogP contribution in [-0.2, 0) is 5.33 Å². The average Bonchev–Trinajstić information content (AvgIpc) is 2.89. The standard InChI is InChI=1S/C14H8BrFN2O2S/c15-7-9-2-1-8(5-12(9)18(19)20)14-17-11-6-10(16)3-4-13(11)21-14/h1-6H,7H2. The van der Waals surface area contributed by atoms with Crippen molar-refractivity contribution in [2.24, 2.45) is 0 Å². The fourth-order valence-corrected chi connectivity index (χ4v) is 3.42. The fourth-order valence-electron chi connectivity index (χ4n) is 2.00. The highest BCUT2D eigenvalue weighted by Gasteiger charge is 2.16. The number of aromatic nitrogens is 1. The lowest BCUT2D eigenvalue weighted by molar-refractivity contribution is -0.385. The minimum atomic E-state index is -0.410. The van der Waals surface area contributed by atoms with Crippen molar-refractivity contribution in [1.82, 2.24) is 4.98 Å². The van der Waals surface area contributed by atoms with Gasteiger partial charge in [0.1, 0.15) is 10.8 Å². The lowest BCUT2D eigenvalue weighted by Gasteiger charge is -2.01. The van der Waals surface area contributed by atoms with Crippen LogP contribution < -0.4 is 0 Å². The van der Waals surface area contributed by atoms with E-state index >= 15 is 0 Å². The highest BCUT2D eigenvalue weighted by atomic mass is 79.9. The van der Waals surface area contributed by atoms with Crippen LogP contribution in [0.5, 0.6) is 0 Å². The van der Waals surface area contributed by atoms with E-state index in [2.05, 4.69) is 20.9 Å². The van der Waals surface area contributed by atoms with Gasteiger partial charge in [0.05, 0.1) is 15.1 Å². The number of halogens is 2. The van der Waals surface area contributed by atoms with Crippen molar-refractivity contribution < 1.29 is 9.31 Å². The molecule has 0 amide bonds. The lowest BCUT2D eigenvalue weighted by Crippen LogP contribution is -1.93. The number of thiazole rings is 1. The highest BCUT2D eigenvalue weighted by Crippen LogP contribution is 2.33.